The summed E-state index contributed by atoms with van der Waals surface area (Å²) in [6.45, 7) is 6.43. The molecule has 0 radical (unpaired) electrons. The molecule has 0 aliphatic heterocycles. The van der Waals surface area contributed by atoms with Gasteiger partial charge in [0.2, 0.25) is 0 Å². The van der Waals surface area contributed by atoms with Gasteiger partial charge in [-0.2, -0.15) is 0 Å². The molecule has 1 aromatic heterocycles. The average molecular weight is 617 g/mol. The third-order valence-corrected chi connectivity index (χ3v) is 22.2. The molecule has 0 saturated carbocycles. The quantitative estimate of drug-likeness (QED) is 0.134. The summed E-state index contributed by atoms with van der Waals surface area (Å²) in [5.74, 6) is -1.95. The number of carbonyl (C=O) groups excluding carboxylic acids is 1. The molecule has 3 nitrogen and oxygen atoms in total. The maximum absolute atomic E-state index is 15.2. The Morgan fingerprint density at radius 1 is 0.938 bits per heavy atom. The first-order chi connectivity index (χ1) is 15.3. The van der Waals surface area contributed by atoms with Gasteiger partial charge >= 0.3 is 204 Å². The number of nitrogens with zero attached hydrogens (tertiary/aromatic N) is 1. The van der Waals surface area contributed by atoms with Crippen molar-refractivity contribution in [1.29, 1.82) is 0 Å². The van der Waals surface area contributed by atoms with E-state index in [-0.39, 0.29) is 11.1 Å². The molecule has 2 rings (SSSR count). The molecule has 32 heavy (non-hydrogen) atoms. The van der Waals surface area contributed by atoms with Gasteiger partial charge in [-0.15, -0.1) is 0 Å². The normalized spacial score (nSPS) is 11.6. The van der Waals surface area contributed by atoms with E-state index in [4.69, 9.17) is 4.74 Å². The second kappa shape index (κ2) is 13.0. The van der Waals surface area contributed by atoms with E-state index in [1.54, 1.807) is 18.2 Å². The van der Waals surface area contributed by atoms with Crippen LogP contribution in [0.3, 0.4) is 0 Å². The summed E-state index contributed by atoms with van der Waals surface area (Å²) in [4.78, 5) is 17.0. The number of ketones is 1. The standard InChI is InChI=1S/C13H7BrF2NO2.3C4H9.Sn/c1-19-10-4-2-7(14)6-9(10)12(18)8-3-5-11(15)17-13(8)16;3*1-3-4-2;/h2-4,6H,1H3;3*1,3-4H2,2H3;. The molecule has 0 aliphatic carbocycles. The van der Waals surface area contributed by atoms with Crippen molar-refractivity contribution in [3.8, 4) is 5.75 Å². The number of aromatic nitrogens is 1. The maximum atomic E-state index is 15.2. The van der Waals surface area contributed by atoms with Crippen LogP contribution in [0.15, 0.2) is 28.7 Å². The van der Waals surface area contributed by atoms with Crippen LogP contribution in [0.2, 0.25) is 13.3 Å². The number of unbranched alkanes of at least 4 members (excludes halogenated alkanes) is 3. The zero-order valence-electron chi connectivity index (χ0n) is 19.6. The first-order valence-electron chi connectivity index (χ1n) is 11.6. The molecule has 0 saturated heterocycles. The predicted octanol–water partition coefficient (Wildman–Crippen LogP) is 7.42. The summed E-state index contributed by atoms with van der Waals surface area (Å²) in [5.41, 5.74) is 0.0694. The van der Waals surface area contributed by atoms with Crippen LogP contribution in [-0.4, -0.2) is 36.3 Å². The van der Waals surface area contributed by atoms with Crippen LogP contribution in [0.5, 0.6) is 5.75 Å². The number of hydrogen-bond donors (Lipinski definition) is 0. The van der Waals surface area contributed by atoms with E-state index in [1.807, 2.05) is 0 Å². The molecular formula is C25H34BrF2NO2Sn. The van der Waals surface area contributed by atoms with E-state index in [9.17, 15) is 9.18 Å². The Balaban J connectivity index is 2.65. The number of halogens is 3. The Morgan fingerprint density at radius 2 is 1.50 bits per heavy atom. The fraction of sp³-hybridized carbons (Fsp3) is 0.520. The van der Waals surface area contributed by atoms with Crippen LogP contribution < -0.4 is 8.32 Å². The molecule has 0 N–H and O–H groups in total. The van der Waals surface area contributed by atoms with Crippen LogP contribution in [-0.2, 0) is 0 Å². The monoisotopic (exact) mass is 617 g/mol. The van der Waals surface area contributed by atoms with E-state index < -0.39 is 36.1 Å². The number of hydrogen-bond acceptors (Lipinski definition) is 3. The van der Waals surface area contributed by atoms with Gasteiger partial charge in [0.15, 0.2) is 0 Å². The summed E-state index contributed by atoms with van der Waals surface area (Å²) in [6.07, 6.45) is 6.20. The van der Waals surface area contributed by atoms with Crippen LogP contribution in [0.25, 0.3) is 0 Å². The van der Waals surface area contributed by atoms with Crippen LogP contribution in [0.1, 0.15) is 75.2 Å². The first-order valence-corrected chi connectivity index (χ1v) is 19.9. The van der Waals surface area contributed by atoms with Gasteiger partial charge in [-0.05, 0) is 0 Å². The number of carbonyl (C=O) groups is 1. The number of pyridine rings is 1. The van der Waals surface area contributed by atoms with Crippen molar-refractivity contribution in [2.24, 2.45) is 0 Å². The number of rotatable bonds is 13. The van der Waals surface area contributed by atoms with E-state index in [1.165, 1.54) is 13.2 Å². The molecule has 2 aromatic rings. The number of benzene rings is 1. The predicted molar refractivity (Wildman–Crippen MR) is 133 cm³/mol. The minimum absolute atomic E-state index is 0.164. The minimum atomic E-state index is -3.26. The van der Waals surface area contributed by atoms with Gasteiger partial charge in [0.1, 0.15) is 0 Å². The molecule has 1 heterocycles. The zero-order valence-corrected chi connectivity index (χ0v) is 24.0. The third kappa shape index (κ3) is 6.52. The zero-order chi connectivity index (χ0) is 23.7. The molecule has 1 aromatic carbocycles. The fourth-order valence-electron chi connectivity index (χ4n) is 4.33. The van der Waals surface area contributed by atoms with Crippen LogP contribution in [0.4, 0.5) is 8.78 Å². The molecule has 0 unspecified atom stereocenters. The van der Waals surface area contributed by atoms with Crippen molar-refractivity contribution in [2.45, 2.75) is 72.6 Å². The van der Waals surface area contributed by atoms with Gasteiger partial charge in [-0.25, -0.2) is 0 Å². The summed E-state index contributed by atoms with van der Waals surface area (Å²) in [6, 6.07) is 6.52. The van der Waals surface area contributed by atoms with Crippen LogP contribution >= 0.6 is 15.9 Å². The number of ether oxygens (including phenoxy) is 1. The molecule has 0 amide bonds. The first kappa shape index (κ1) is 27.2. The SMILES string of the molecule is CCC[CH2][Sn]([CH2]CCC)([CH2]CCC)[c]1cc(C(=O)c2cc(Br)ccc2OC)c(F)nc1F. The summed E-state index contributed by atoms with van der Waals surface area (Å²) in [5, 5.41) is 0. The van der Waals surface area contributed by atoms with Gasteiger partial charge in [-0.3, -0.25) is 0 Å². The van der Waals surface area contributed by atoms with Crippen molar-refractivity contribution in [2.75, 3.05) is 7.11 Å². The van der Waals surface area contributed by atoms with Crippen molar-refractivity contribution in [1.82, 2.24) is 4.98 Å². The summed E-state index contributed by atoms with van der Waals surface area (Å²) >= 11 is 0.102. The Labute approximate surface area is 203 Å². The Kier molecular flexibility index (Phi) is 11.1. The van der Waals surface area contributed by atoms with E-state index in [2.05, 4.69) is 41.7 Å². The molecule has 0 spiro atoms. The molecule has 0 atom stereocenters. The van der Waals surface area contributed by atoms with Crippen molar-refractivity contribution in [3.05, 3.63) is 51.8 Å². The van der Waals surface area contributed by atoms with E-state index >= 15 is 4.39 Å². The topological polar surface area (TPSA) is 39.2 Å². The second-order valence-electron chi connectivity index (χ2n) is 8.43. The Hall–Kier alpha value is -1.02. The van der Waals surface area contributed by atoms with Crippen molar-refractivity contribution >= 4 is 43.7 Å². The van der Waals surface area contributed by atoms with Crippen LogP contribution in [0, 0.1) is 11.9 Å². The van der Waals surface area contributed by atoms with Gasteiger partial charge in [0.05, 0.1) is 0 Å². The van der Waals surface area contributed by atoms with E-state index in [0.717, 1.165) is 51.8 Å². The molecule has 7 heteroatoms. The second-order valence-corrected chi connectivity index (χ2v) is 22.5. The molecular weight excluding hydrogens is 583 g/mol. The van der Waals surface area contributed by atoms with E-state index in [0.29, 0.717) is 13.8 Å². The van der Waals surface area contributed by atoms with Gasteiger partial charge in [0.25, 0.3) is 0 Å². The number of methoxy groups -OCH3 is 1. The third-order valence-electron chi connectivity index (χ3n) is 6.18. The Morgan fingerprint density at radius 3 is 2.00 bits per heavy atom. The van der Waals surface area contributed by atoms with Gasteiger partial charge in [-0.1, -0.05) is 0 Å². The van der Waals surface area contributed by atoms with Gasteiger partial charge < -0.3 is 0 Å². The Bertz CT molecular complexity index is 901. The molecule has 0 fully saturated rings. The molecule has 176 valence electrons. The molecule has 0 bridgehead atoms. The fourth-order valence-corrected chi connectivity index (χ4v) is 20.7. The van der Waals surface area contributed by atoms with Crippen molar-refractivity contribution < 1.29 is 18.3 Å². The van der Waals surface area contributed by atoms with Crippen molar-refractivity contribution in [3.63, 3.8) is 0 Å². The molecule has 0 aliphatic rings. The summed E-state index contributed by atoms with van der Waals surface area (Å²) in [7, 11) is 1.46. The summed E-state index contributed by atoms with van der Waals surface area (Å²) < 4.78 is 39.7. The average Bonchev–Trinajstić information content (AvgIpc) is 2.78. The van der Waals surface area contributed by atoms with Gasteiger partial charge in [0, 0.05) is 0 Å².